The predicted molar refractivity (Wildman–Crippen MR) is 133 cm³/mol. The summed E-state index contributed by atoms with van der Waals surface area (Å²) in [5.74, 6) is 0.361. The number of aryl methyl sites for hydroxylation is 2. The van der Waals surface area contributed by atoms with Crippen LogP contribution in [0.3, 0.4) is 0 Å². The van der Waals surface area contributed by atoms with E-state index >= 15 is 0 Å². The van der Waals surface area contributed by atoms with Crippen LogP contribution in [0.15, 0.2) is 47.5 Å². The molecule has 3 rings (SSSR count). The summed E-state index contributed by atoms with van der Waals surface area (Å²) >= 11 is 1.32. The van der Waals surface area contributed by atoms with Gasteiger partial charge in [0, 0.05) is 32.4 Å². The second-order valence-electron chi connectivity index (χ2n) is 7.76. The highest BCUT2D eigenvalue weighted by Crippen LogP contribution is 2.35. The molecule has 1 heterocycles. The van der Waals surface area contributed by atoms with Crippen LogP contribution in [0.2, 0.25) is 0 Å². The lowest BCUT2D eigenvalue weighted by molar-refractivity contribution is -0.128. The molecule has 0 aliphatic carbocycles. The van der Waals surface area contributed by atoms with Gasteiger partial charge in [0.2, 0.25) is 11.8 Å². The molecule has 1 atom stereocenters. The van der Waals surface area contributed by atoms with Gasteiger partial charge in [0.15, 0.2) is 5.17 Å². The van der Waals surface area contributed by atoms with Gasteiger partial charge in [-0.3, -0.25) is 14.5 Å². The third-order valence-electron chi connectivity index (χ3n) is 5.25. The number of rotatable bonds is 10. The summed E-state index contributed by atoms with van der Waals surface area (Å²) in [7, 11) is 1.63. The van der Waals surface area contributed by atoms with E-state index in [4.69, 9.17) is 14.5 Å². The van der Waals surface area contributed by atoms with E-state index in [1.165, 1.54) is 11.8 Å². The fourth-order valence-corrected chi connectivity index (χ4v) is 4.78. The summed E-state index contributed by atoms with van der Waals surface area (Å²) in [6.07, 6.45) is 0.750. The highest BCUT2D eigenvalue weighted by atomic mass is 32.2. The molecule has 2 amide bonds. The predicted octanol–water partition coefficient (Wildman–Crippen LogP) is 4.70. The molecule has 7 nitrogen and oxygen atoms in total. The number of amides is 2. The highest BCUT2D eigenvalue weighted by molar-refractivity contribution is 8.15. The van der Waals surface area contributed by atoms with E-state index in [9.17, 15) is 9.59 Å². The van der Waals surface area contributed by atoms with Gasteiger partial charge in [-0.25, -0.2) is 4.99 Å². The van der Waals surface area contributed by atoms with Gasteiger partial charge < -0.3 is 14.8 Å². The third kappa shape index (κ3) is 6.36. The topological polar surface area (TPSA) is 80.2 Å². The SMILES string of the molecule is CCOc1ccccc1N=C1SC(CC(=O)Nc2c(C)cccc2C)C(=O)N1CCCOC. The molecule has 2 aromatic rings. The van der Waals surface area contributed by atoms with Crippen LogP contribution in [0, 0.1) is 13.8 Å². The zero-order valence-electron chi connectivity index (χ0n) is 19.6. The van der Waals surface area contributed by atoms with Crippen molar-refractivity contribution < 1.29 is 19.1 Å². The number of benzene rings is 2. The normalized spacial score (nSPS) is 17.0. The standard InChI is InChI=1S/C25H31N3O4S/c1-5-32-20-13-7-6-12-19(20)26-25-28(14-9-15-31-4)24(30)21(33-25)16-22(29)27-23-17(2)10-8-11-18(23)3/h6-8,10-13,21H,5,9,14-16H2,1-4H3,(H,27,29). The maximum atomic E-state index is 13.2. The van der Waals surface area contributed by atoms with Gasteiger partial charge in [-0.2, -0.15) is 0 Å². The first kappa shape index (κ1) is 24.8. The number of hydrogen-bond acceptors (Lipinski definition) is 6. The highest BCUT2D eigenvalue weighted by Gasteiger charge is 2.39. The van der Waals surface area contributed by atoms with Crippen LogP contribution in [-0.4, -0.2) is 54.0 Å². The molecule has 0 saturated carbocycles. The van der Waals surface area contributed by atoms with Gasteiger partial charge in [-0.05, 0) is 50.5 Å². The fraction of sp³-hybridized carbons (Fsp3) is 0.400. The molecule has 2 aromatic carbocycles. The fourth-order valence-electron chi connectivity index (χ4n) is 3.60. The average molecular weight is 470 g/mol. The molecule has 8 heteroatoms. The number of ether oxygens (including phenoxy) is 2. The number of aliphatic imine (C=N–C) groups is 1. The average Bonchev–Trinajstić information content (AvgIpc) is 3.07. The summed E-state index contributed by atoms with van der Waals surface area (Å²) in [5.41, 5.74) is 3.44. The monoisotopic (exact) mass is 469 g/mol. The molecule has 1 saturated heterocycles. The Balaban J connectivity index is 1.80. The minimum absolute atomic E-state index is 0.0736. The Hall–Kier alpha value is -2.84. The van der Waals surface area contributed by atoms with Crippen LogP contribution in [-0.2, 0) is 14.3 Å². The van der Waals surface area contributed by atoms with Crippen molar-refractivity contribution in [2.45, 2.75) is 38.9 Å². The summed E-state index contributed by atoms with van der Waals surface area (Å²) < 4.78 is 10.8. The van der Waals surface area contributed by atoms with Crippen molar-refractivity contribution in [3.8, 4) is 5.75 Å². The van der Waals surface area contributed by atoms with Crippen LogP contribution < -0.4 is 10.1 Å². The maximum Gasteiger partial charge on any atom is 0.242 e. The zero-order chi connectivity index (χ0) is 23.8. The van der Waals surface area contributed by atoms with Crippen molar-refractivity contribution in [1.82, 2.24) is 4.90 Å². The summed E-state index contributed by atoms with van der Waals surface area (Å²) in [6.45, 7) is 7.36. The van der Waals surface area contributed by atoms with Crippen molar-refractivity contribution in [1.29, 1.82) is 0 Å². The number of carbonyl (C=O) groups is 2. The van der Waals surface area contributed by atoms with Gasteiger partial charge in [0.05, 0.1) is 6.61 Å². The number of methoxy groups -OCH3 is 1. The summed E-state index contributed by atoms with van der Waals surface area (Å²) in [6, 6.07) is 13.4. The number of thioether (sulfide) groups is 1. The van der Waals surface area contributed by atoms with Crippen molar-refractivity contribution in [2.75, 3.05) is 32.2 Å². The van der Waals surface area contributed by atoms with E-state index in [1.54, 1.807) is 12.0 Å². The first-order valence-electron chi connectivity index (χ1n) is 11.1. The Morgan fingerprint density at radius 3 is 2.58 bits per heavy atom. The van der Waals surface area contributed by atoms with Crippen molar-refractivity contribution in [2.24, 2.45) is 4.99 Å². The zero-order valence-corrected chi connectivity index (χ0v) is 20.4. The van der Waals surface area contributed by atoms with Gasteiger partial charge in [0.1, 0.15) is 16.7 Å². The smallest absolute Gasteiger partial charge is 0.242 e. The minimum atomic E-state index is -0.533. The molecule has 0 bridgehead atoms. The molecule has 176 valence electrons. The molecule has 1 aliphatic rings. The first-order valence-corrected chi connectivity index (χ1v) is 12.0. The molecular formula is C25H31N3O4S. The number of nitrogens with zero attached hydrogens (tertiary/aromatic N) is 2. The third-order valence-corrected chi connectivity index (χ3v) is 6.42. The van der Waals surface area contributed by atoms with E-state index in [2.05, 4.69) is 5.32 Å². The quantitative estimate of drug-likeness (QED) is 0.510. The Kier molecular flexibility index (Phi) is 8.91. The van der Waals surface area contributed by atoms with Crippen LogP contribution in [0.1, 0.15) is 30.9 Å². The number of anilines is 1. The minimum Gasteiger partial charge on any atom is -0.492 e. The van der Waals surface area contributed by atoms with Crippen molar-refractivity contribution in [3.63, 3.8) is 0 Å². The molecule has 33 heavy (non-hydrogen) atoms. The number of amidine groups is 1. The van der Waals surface area contributed by atoms with Gasteiger partial charge in [-0.15, -0.1) is 0 Å². The van der Waals surface area contributed by atoms with Crippen LogP contribution >= 0.6 is 11.8 Å². The second-order valence-corrected chi connectivity index (χ2v) is 8.93. The summed E-state index contributed by atoms with van der Waals surface area (Å²) in [4.78, 5) is 32.4. The van der Waals surface area contributed by atoms with Crippen LogP contribution in [0.25, 0.3) is 0 Å². The molecular weight excluding hydrogens is 438 g/mol. The second kappa shape index (κ2) is 11.9. The Morgan fingerprint density at radius 1 is 1.15 bits per heavy atom. The lowest BCUT2D eigenvalue weighted by Gasteiger charge is -2.17. The van der Waals surface area contributed by atoms with Gasteiger partial charge in [-0.1, -0.05) is 42.1 Å². The molecule has 1 aliphatic heterocycles. The van der Waals surface area contributed by atoms with Crippen molar-refractivity contribution >= 4 is 40.1 Å². The molecule has 1 fully saturated rings. The Morgan fingerprint density at radius 2 is 1.88 bits per heavy atom. The van der Waals surface area contributed by atoms with E-state index < -0.39 is 5.25 Å². The summed E-state index contributed by atoms with van der Waals surface area (Å²) in [5, 5.41) is 3.03. The Bertz CT molecular complexity index is 1000. The number of carbonyl (C=O) groups excluding carboxylic acids is 2. The van der Waals surface area contributed by atoms with E-state index in [0.29, 0.717) is 42.8 Å². The van der Waals surface area contributed by atoms with Gasteiger partial charge >= 0.3 is 0 Å². The lowest BCUT2D eigenvalue weighted by Crippen LogP contribution is -2.34. The van der Waals surface area contributed by atoms with Crippen LogP contribution in [0.5, 0.6) is 5.75 Å². The van der Waals surface area contributed by atoms with Crippen LogP contribution in [0.4, 0.5) is 11.4 Å². The van der Waals surface area contributed by atoms with Crippen molar-refractivity contribution in [3.05, 3.63) is 53.6 Å². The molecule has 0 spiro atoms. The van der Waals surface area contributed by atoms with E-state index in [0.717, 1.165) is 16.8 Å². The number of hydrogen-bond donors (Lipinski definition) is 1. The molecule has 1 N–H and O–H groups in total. The number of para-hydroxylation sites is 3. The molecule has 0 aromatic heterocycles. The molecule has 1 unspecified atom stereocenters. The Labute approximate surface area is 199 Å². The lowest BCUT2D eigenvalue weighted by atomic mass is 10.1. The first-order chi connectivity index (χ1) is 15.9. The van der Waals surface area contributed by atoms with E-state index in [-0.39, 0.29) is 18.2 Å². The van der Waals surface area contributed by atoms with Gasteiger partial charge in [0.25, 0.3) is 0 Å². The maximum absolute atomic E-state index is 13.2. The largest absolute Gasteiger partial charge is 0.492 e. The van der Waals surface area contributed by atoms with E-state index in [1.807, 2.05) is 63.2 Å². The number of nitrogens with one attached hydrogen (secondary N) is 1. The molecule has 0 radical (unpaired) electrons.